The number of nitrogens with zero attached hydrogens (tertiary/aromatic N) is 2. The van der Waals surface area contributed by atoms with Gasteiger partial charge in [0.1, 0.15) is 11.4 Å². The van der Waals surface area contributed by atoms with E-state index in [4.69, 9.17) is 16.3 Å². The van der Waals surface area contributed by atoms with Gasteiger partial charge in [0, 0.05) is 16.8 Å². The summed E-state index contributed by atoms with van der Waals surface area (Å²) in [6, 6.07) is 7.29. The number of hydrogen-bond donors (Lipinski definition) is 1. The monoisotopic (exact) mass is 399 g/mol. The molecular formula is C22H26ClN3O2. The largest absolute Gasteiger partial charge is 0.471 e. The Morgan fingerprint density at radius 3 is 2.54 bits per heavy atom. The molecule has 148 valence electrons. The van der Waals surface area contributed by atoms with Crippen LogP contribution in [-0.2, 0) is 6.73 Å². The molecule has 1 aromatic heterocycles. The van der Waals surface area contributed by atoms with Crippen LogP contribution in [0.15, 0.2) is 30.5 Å². The van der Waals surface area contributed by atoms with E-state index in [9.17, 15) is 4.79 Å². The van der Waals surface area contributed by atoms with Gasteiger partial charge in [-0.3, -0.25) is 4.79 Å². The Morgan fingerprint density at radius 1 is 1.21 bits per heavy atom. The molecule has 4 aliphatic carbocycles. The van der Waals surface area contributed by atoms with Crippen LogP contribution in [0.5, 0.6) is 5.75 Å². The highest BCUT2D eigenvalue weighted by Crippen LogP contribution is 2.55. The molecule has 1 amide bonds. The Bertz CT molecular complexity index is 872. The number of nitrogens with one attached hydrogen (secondary N) is 1. The van der Waals surface area contributed by atoms with Gasteiger partial charge < -0.3 is 10.1 Å². The number of ether oxygens (including phenoxy) is 1. The molecule has 2 aromatic rings. The summed E-state index contributed by atoms with van der Waals surface area (Å²) < 4.78 is 7.47. The molecule has 1 heterocycles. The van der Waals surface area contributed by atoms with Crippen LogP contribution < -0.4 is 10.1 Å². The van der Waals surface area contributed by atoms with Gasteiger partial charge in [0.05, 0.1) is 0 Å². The summed E-state index contributed by atoms with van der Waals surface area (Å²) in [5.74, 6) is 3.13. The van der Waals surface area contributed by atoms with Gasteiger partial charge in [-0.2, -0.15) is 5.10 Å². The Kier molecular flexibility index (Phi) is 4.38. The molecule has 4 saturated carbocycles. The number of hydrogen-bond acceptors (Lipinski definition) is 3. The Hall–Kier alpha value is -2.01. The quantitative estimate of drug-likeness (QED) is 0.800. The number of aromatic nitrogens is 2. The van der Waals surface area contributed by atoms with Gasteiger partial charge in [-0.1, -0.05) is 11.6 Å². The van der Waals surface area contributed by atoms with E-state index in [-0.39, 0.29) is 18.2 Å². The van der Waals surface area contributed by atoms with Gasteiger partial charge in [-0.25, -0.2) is 4.68 Å². The number of carbonyl (C=O) groups is 1. The molecule has 1 aromatic carbocycles. The van der Waals surface area contributed by atoms with Crippen molar-refractivity contribution in [3.05, 3.63) is 46.7 Å². The van der Waals surface area contributed by atoms with Crippen LogP contribution in [0.25, 0.3) is 0 Å². The van der Waals surface area contributed by atoms with Crippen molar-refractivity contribution in [2.24, 2.45) is 17.8 Å². The first-order chi connectivity index (χ1) is 13.5. The minimum Gasteiger partial charge on any atom is -0.471 e. The van der Waals surface area contributed by atoms with Crippen LogP contribution in [0.1, 0.15) is 54.6 Å². The minimum atomic E-state index is -0.0524. The number of carbonyl (C=O) groups excluding carboxylic acids is 1. The smallest absolute Gasteiger partial charge is 0.272 e. The van der Waals surface area contributed by atoms with E-state index in [1.54, 1.807) is 23.0 Å². The van der Waals surface area contributed by atoms with Crippen molar-refractivity contribution >= 4 is 17.5 Å². The average Bonchev–Trinajstić information content (AvgIpc) is 3.08. The van der Waals surface area contributed by atoms with E-state index < -0.39 is 0 Å². The molecular weight excluding hydrogens is 374 g/mol. The molecule has 4 bridgehead atoms. The van der Waals surface area contributed by atoms with Gasteiger partial charge in [-0.15, -0.1) is 0 Å². The number of benzene rings is 1. The first-order valence-electron chi connectivity index (χ1n) is 10.2. The first-order valence-corrected chi connectivity index (χ1v) is 10.6. The molecule has 6 heteroatoms. The third-order valence-corrected chi connectivity index (χ3v) is 7.01. The number of aryl methyl sites for hydroxylation is 1. The molecule has 4 fully saturated rings. The summed E-state index contributed by atoms with van der Waals surface area (Å²) in [5.41, 5.74) is 1.44. The van der Waals surface area contributed by atoms with Crippen molar-refractivity contribution in [1.82, 2.24) is 15.1 Å². The number of halogens is 1. The summed E-state index contributed by atoms with van der Waals surface area (Å²) >= 11 is 5.98. The van der Waals surface area contributed by atoms with Crippen LogP contribution in [0.2, 0.25) is 5.02 Å². The lowest BCUT2D eigenvalue weighted by atomic mass is 9.53. The maximum absolute atomic E-state index is 12.9. The minimum absolute atomic E-state index is 0.00648. The van der Waals surface area contributed by atoms with E-state index in [1.807, 2.05) is 19.1 Å². The van der Waals surface area contributed by atoms with E-state index in [2.05, 4.69) is 10.4 Å². The van der Waals surface area contributed by atoms with Crippen LogP contribution >= 0.6 is 11.6 Å². The molecule has 0 spiro atoms. The molecule has 0 saturated heterocycles. The average molecular weight is 400 g/mol. The summed E-state index contributed by atoms with van der Waals surface area (Å²) in [6.07, 6.45) is 9.32. The van der Waals surface area contributed by atoms with E-state index in [0.29, 0.717) is 10.7 Å². The summed E-state index contributed by atoms with van der Waals surface area (Å²) in [6.45, 7) is 2.21. The zero-order chi connectivity index (χ0) is 19.3. The summed E-state index contributed by atoms with van der Waals surface area (Å²) in [4.78, 5) is 12.9. The van der Waals surface area contributed by atoms with Gasteiger partial charge in [-0.05, 0) is 93.0 Å². The predicted molar refractivity (Wildman–Crippen MR) is 107 cm³/mol. The molecule has 6 rings (SSSR count). The summed E-state index contributed by atoms with van der Waals surface area (Å²) in [5, 5.41) is 8.48. The van der Waals surface area contributed by atoms with Crippen LogP contribution in [0, 0.1) is 24.7 Å². The van der Waals surface area contributed by atoms with E-state index in [1.165, 1.54) is 19.3 Å². The second kappa shape index (κ2) is 6.80. The van der Waals surface area contributed by atoms with Gasteiger partial charge in [0.15, 0.2) is 6.73 Å². The number of amides is 1. The Morgan fingerprint density at radius 2 is 1.89 bits per heavy atom. The third kappa shape index (κ3) is 3.41. The van der Waals surface area contributed by atoms with Crippen molar-refractivity contribution in [2.75, 3.05) is 0 Å². The fourth-order valence-electron chi connectivity index (χ4n) is 6.03. The van der Waals surface area contributed by atoms with E-state index >= 15 is 0 Å². The molecule has 0 radical (unpaired) electrons. The molecule has 0 unspecified atom stereocenters. The Labute approximate surface area is 170 Å². The summed E-state index contributed by atoms with van der Waals surface area (Å²) in [7, 11) is 0. The van der Waals surface area contributed by atoms with Gasteiger partial charge in [0.2, 0.25) is 0 Å². The normalized spacial score (nSPS) is 30.4. The fraction of sp³-hybridized carbons (Fsp3) is 0.545. The zero-order valence-electron chi connectivity index (χ0n) is 16.2. The number of rotatable bonds is 5. The second-order valence-electron chi connectivity index (χ2n) is 9.08. The SMILES string of the molecule is Cc1cc(Cl)ccc1OCn1ccc(C(=O)NC23CC4CC(CC(C4)C2)C3)n1. The standard InChI is InChI=1S/C22H26ClN3O2/c1-14-6-18(23)2-3-20(14)28-13-26-5-4-19(25-26)21(27)24-22-10-15-7-16(11-22)9-17(8-15)12-22/h2-6,15-17H,7-13H2,1H3,(H,24,27). The third-order valence-electron chi connectivity index (χ3n) is 6.78. The maximum atomic E-state index is 12.9. The molecule has 1 N–H and O–H groups in total. The fourth-order valence-corrected chi connectivity index (χ4v) is 6.26. The molecule has 5 nitrogen and oxygen atoms in total. The lowest BCUT2D eigenvalue weighted by molar-refractivity contribution is -0.0168. The van der Waals surface area contributed by atoms with Crippen molar-refractivity contribution in [2.45, 2.75) is 57.7 Å². The zero-order valence-corrected chi connectivity index (χ0v) is 16.9. The predicted octanol–water partition coefficient (Wildman–Crippen LogP) is 4.58. The van der Waals surface area contributed by atoms with Crippen LogP contribution in [0.3, 0.4) is 0 Å². The lowest BCUT2D eigenvalue weighted by Gasteiger charge is -2.56. The topological polar surface area (TPSA) is 56.1 Å². The molecule has 28 heavy (non-hydrogen) atoms. The van der Waals surface area contributed by atoms with Gasteiger partial charge in [0.25, 0.3) is 5.91 Å². The van der Waals surface area contributed by atoms with Crippen LogP contribution in [0.4, 0.5) is 0 Å². The van der Waals surface area contributed by atoms with Crippen molar-refractivity contribution < 1.29 is 9.53 Å². The van der Waals surface area contributed by atoms with Crippen molar-refractivity contribution in [3.8, 4) is 5.75 Å². The lowest BCUT2D eigenvalue weighted by Crippen LogP contribution is -2.59. The molecule has 0 atom stereocenters. The second-order valence-corrected chi connectivity index (χ2v) is 9.51. The van der Waals surface area contributed by atoms with Gasteiger partial charge >= 0.3 is 0 Å². The molecule has 4 aliphatic rings. The van der Waals surface area contributed by atoms with Crippen molar-refractivity contribution in [1.29, 1.82) is 0 Å². The Balaban J connectivity index is 1.23. The molecule has 0 aliphatic heterocycles. The highest BCUT2D eigenvalue weighted by Gasteiger charge is 2.51. The van der Waals surface area contributed by atoms with Crippen LogP contribution in [-0.4, -0.2) is 21.2 Å². The highest BCUT2D eigenvalue weighted by molar-refractivity contribution is 6.30. The highest BCUT2D eigenvalue weighted by atomic mass is 35.5. The van der Waals surface area contributed by atoms with E-state index in [0.717, 1.165) is 48.3 Å². The maximum Gasteiger partial charge on any atom is 0.272 e. The first kappa shape index (κ1) is 18.0. The van der Waals surface area contributed by atoms with Crippen molar-refractivity contribution in [3.63, 3.8) is 0 Å².